The lowest BCUT2D eigenvalue weighted by Gasteiger charge is -2.32. The molecule has 600 valence electrons. The maximum Gasteiger partial charge on any atom is 0.343 e. The fraction of sp³-hybridized carbons (Fsp3) is 0.637. The van der Waals surface area contributed by atoms with Gasteiger partial charge in [0.1, 0.15) is 37.2 Å². The van der Waals surface area contributed by atoms with E-state index in [1.54, 1.807) is 69.6 Å². The van der Waals surface area contributed by atoms with Gasteiger partial charge in [0.15, 0.2) is 5.60 Å². The van der Waals surface area contributed by atoms with E-state index < -0.39 is 71.4 Å². The molecule has 0 saturated carbocycles. The van der Waals surface area contributed by atoms with Crippen LogP contribution in [0.15, 0.2) is 52.3 Å². The van der Waals surface area contributed by atoms with E-state index in [0.717, 1.165) is 40.7 Å². The number of carbonyl (C=O) groups excluding carboxylic acids is 7. The van der Waals surface area contributed by atoms with Crippen LogP contribution >= 0.6 is 0 Å². The molecule has 1 saturated heterocycles. The molecular weight excluding hydrogens is 1410 g/mol. The number of nitrogens with two attached hydrogens (primary N) is 1. The first-order valence-corrected chi connectivity index (χ1v) is 38.8. The second-order valence-electron chi connectivity index (χ2n) is 29.0. The van der Waals surface area contributed by atoms with E-state index in [9.17, 15) is 43.5 Å². The van der Waals surface area contributed by atoms with Crippen molar-refractivity contribution < 1.29 is 95.2 Å². The number of nitrogens with zero attached hydrogens (tertiary/aromatic N) is 4. The number of anilines is 1. The summed E-state index contributed by atoms with van der Waals surface area (Å²) >= 11 is 0. The molecule has 1 unspecified atom stereocenters. The predicted molar refractivity (Wildman–Crippen MR) is 402 cm³/mol. The van der Waals surface area contributed by atoms with Gasteiger partial charge in [-0.25, -0.2) is 19.0 Å². The van der Waals surface area contributed by atoms with Crippen molar-refractivity contribution in [2.24, 2.45) is 17.6 Å². The highest BCUT2D eigenvalue weighted by molar-refractivity contribution is 6.00. The lowest BCUT2D eigenvalue weighted by molar-refractivity contribution is -0.172. The maximum atomic E-state index is 15.6. The van der Waals surface area contributed by atoms with Gasteiger partial charge in [0.05, 0.1) is 148 Å². The molecule has 2 aromatic heterocycles. The Bertz CT molecular complexity index is 3850. The Hall–Kier alpha value is -7.68. The average molecular weight is 1530 g/mol. The SMILES string of the molecule is CC[C@@]1(O)C(=O)OCc2c1cc1n(c2=O)Cc2c-1nc1cc(F)c(C)c3c1c2[C@@H](CC1=C(C(=O)OCc2ccc(N(C)C(=O)[C@H]4CCCN4C(=O)CNC(=O)[C@@H](CCCCN)NC(=O)C(NC(=O)CCOCCOCCOCCOCCOCCOCCOCCOCCOCCC(C)C)C(C)C)cc2)CC1)CC3. The number of unbranched alkanes of at least 4 members (excludes halogenated alkanes) is 1. The summed E-state index contributed by atoms with van der Waals surface area (Å²) < 4.78 is 78.3. The van der Waals surface area contributed by atoms with Crippen molar-refractivity contribution in [2.45, 2.75) is 174 Å². The molecule has 0 radical (unpaired) electrons. The van der Waals surface area contributed by atoms with Gasteiger partial charge < -0.3 is 93.3 Å². The number of likely N-dealkylation sites (N-methyl/N-ethyl adjacent to an activating group) is 1. The number of esters is 2. The molecule has 3 aliphatic heterocycles. The van der Waals surface area contributed by atoms with Crippen LogP contribution in [0.4, 0.5) is 10.1 Å². The zero-order chi connectivity index (χ0) is 78.0. The molecule has 9 rings (SSSR count). The number of rotatable bonds is 49. The highest BCUT2D eigenvalue weighted by atomic mass is 19.1. The van der Waals surface area contributed by atoms with Crippen molar-refractivity contribution in [2.75, 3.05) is 151 Å². The molecule has 28 nitrogen and oxygen atoms in total. The summed E-state index contributed by atoms with van der Waals surface area (Å²) in [5.41, 5.74) is 11.1. The molecule has 5 atom stereocenters. The average Bonchev–Trinajstić information content (AvgIpc) is 1.60. The van der Waals surface area contributed by atoms with Crippen LogP contribution in [0.25, 0.3) is 22.3 Å². The normalized spacial score (nSPS) is 17.6. The zero-order valence-corrected chi connectivity index (χ0v) is 64.5. The van der Waals surface area contributed by atoms with Gasteiger partial charge in [-0.05, 0) is 149 Å². The van der Waals surface area contributed by atoms with E-state index in [2.05, 4.69) is 29.8 Å². The van der Waals surface area contributed by atoms with Crippen molar-refractivity contribution in [1.82, 2.24) is 30.4 Å². The molecule has 0 spiro atoms. The number of aryl methyl sites for hydroxylation is 1. The highest BCUT2D eigenvalue weighted by Gasteiger charge is 2.46. The smallest absolute Gasteiger partial charge is 0.343 e. The minimum Gasteiger partial charge on any atom is -0.458 e. The molecular formula is C80H113FN8O20. The topological polar surface area (TPSA) is 345 Å². The molecule has 2 aliphatic carbocycles. The third kappa shape index (κ3) is 23.0. The summed E-state index contributed by atoms with van der Waals surface area (Å²) in [6.45, 7) is 19.2. The quantitative estimate of drug-likeness (QED) is 0.0214. The van der Waals surface area contributed by atoms with E-state index in [1.807, 2.05) is 0 Å². The summed E-state index contributed by atoms with van der Waals surface area (Å²) in [5, 5.41) is 20.6. The lowest BCUT2D eigenvalue weighted by atomic mass is 9.73. The van der Waals surface area contributed by atoms with Gasteiger partial charge in [0.2, 0.25) is 29.5 Å². The lowest BCUT2D eigenvalue weighted by Crippen LogP contribution is -2.56. The number of aromatic nitrogens is 2. The molecule has 4 aromatic rings. The summed E-state index contributed by atoms with van der Waals surface area (Å²) in [5.74, 6) is -3.85. The second-order valence-corrected chi connectivity index (χ2v) is 29.0. The van der Waals surface area contributed by atoms with Crippen LogP contribution in [0, 0.1) is 24.6 Å². The van der Waals surface area contributed by atoms with Crippen LogP contribution in [0.5, 0.6) is 0 Å². The molecule has 0 bridgehead atoms. The van der Waals surface area contributed by atoms with Gasteiger partial charge in [0, 0.05) is 60.5 Å². The standard InChI is InChI=1S/C80H113FN8O20/c1-8-80(98)62-45-67-73-60(48-89(67)76(94)61(62)50-109-79(80)97)70-56(17-20-58-53(6)63(81)46-65(84-73)71(58)70)44-55-16-21-59(55)78(96)108-49-54-14-18-57(19-15-54)87(7)77(95)66-13-11-25-88(66)69(91)47-83-74(92)64(12-9-10-24-82)85-75(93)72(52(4)5)86-68(90)23-27-100-29-31-102-33-35-104-37-39-106-41-43-107-42-40-105-38-36-103-34-32-101-30-28-99-26-22-51(2)3/h14-15,18-19,45-46,51-52,56,64,66,72,98H,8-13,16-17,20-44,47-50,82H2,1-7H3,(H,83,92)(H,85,93)(H,86,90)/t56-,64-,66-,72?,80+/m1/s1. The maximum absolute atomic E-state index is 15.6. The number of fused-ring (bicyclic) bond motifs is 5. The van der Waals surface area contributed by atoms with Crippen LogP contribution < -0.4 is 32.1 Å². The van der Waals surface area contributed by atoms with Crippen LogP contribution in [-0.2, 0) is 117 Å². The Balaban J connectivity index is 0.650. The molecule has 5 amide bonds. The van der Waals surface area contributed by atoms with Crippen LogP contribution in [0.1, 0.15) is 157 Å². The molecule has 1 fully saturated rings. The van der Waals surface area contributed by atoms with E-state index >= 15 is 4.39 Å². The van der Waals surface area contributed by atoms with E-state index in [4.69, 9.17) is 62.8 Å². The van der Waals surface area contributed by atoms with Crippen LogP contribution in [0.2, 0.25) is 0 Å². The number of cyclic esters (lactones) is 1. The molecule has 5 aliphatic rings. The third-order valence-corrected chi connectivity index (χ3v) is 20.8. The largest absolute Gasteiger partial charge is 0.458 e. The molecule has 2 aromatic carbocycles. The van der Waals surface area contributed by atoms with Crippen molar-refractivity contribution >= 4 is 58.1 Å². The van der Waals surface area contributed by atoms with E-state index in [1.165, 1.54) is 15.9 Å². The monoisotopic (exact) mass is 1520 g/mol. The number of ether oxygens (including phenoxy) is 11. The Kier molecular flexibility index (Phi) is 33.4. The number of allylic oxidation sites excluding steroid dienone is 1. The van der Waals surface area contributed by atoms with Gasteiger partial charge >= 0.3 is 11.9 Å². The number of benzene rings is 2. The van der Waals surface area contributed by atoms with Crippen molar-refractivity contribution in [3.8, 4) is 11.4 Å². The number of likely N-dealkylation sites (tertiary alicyclic amines) is 1. The minimum atomic E-state index is -2.01. The number of hydrogen-bond donors (Lipinski definition) is 5. The number of halogens is 1. The fourth-order valence-corrected chi connectivity index (χ4v) is 14.3. The summed E-state index contributed by atoms with van der Waals surface area (Å²) in [4.78, 5) is 118. The van der Waals surface area contributed by atoms with Crippen molar-refractivity contribution in [3.05, 3.63) is 103 Å². The Morgan fingerprint density at radius 2 is 1.35 bits per heavy atom. The first-order chi connectivity index (χ1) is 52.6. The van der Waals surface area contributed by atoms with Gasteiger partial charge in [-0.1, -0.05) is 52.3 Å². The number of nitrogens with one attached hydrogen (secondary N) is 3. The number of amides is 5. The molecule has 6 N–H and O–H groups in total. The van der Waals surface area contributed by atoms with Crippen molar-refractivity contribution in [1.29, 1.82) is 0 Å². The summed E-state index contributed by atoms with van der Waals surface area (Å²) in [6.07, 6.45) is 6.28. The molecule has 109 heavy (non-hydrogen) atoms. The van der Waals surface area contributed by atoms with Crippen LogP contribution in [0.3, 0.4) is 0 Å². The third-order valence-electron chi connectivity index (χ3n) is 20.8. The first kappa shape index (κ1) is 85.3. The summed E-state index contributed by atoms with van der Waals surface area (Å²) in [7, 11) is 1.62. The number of pyridine rings is 2. The Labute approximate surface area is 637 Å². The van der Waals surface area contributed by atoms with Gasteiger partial charge in [0.25, 0.3) is 5.56 Å². The van der Waals surface area contributed by atoms with E-state index in [0.29, 0.717) is 209 Å². The fourth-order valence-electron chi connectivity index (χ4n) is 14.3. The molecule has 5 heterocycles. The number of carbonyl (C=O) groups is 7. The van der Waals surface area contributed by atoms with Gasteiger partial charge in [-0.15, -0.1) is 0 Å². The van der Waals surface area contributed by atoms with Crippen LogP contribution in [-0.4, -0.2) is 225 Å². The predicted octanol–water partition coefficient (Wildman–Crippen LogP) is 6.19. The molecule has 29 heteroatoms. The second kappa shape index (κ2) is 42.7. The van der Waals surface area contributed by atoms with E-state index in [-0.39, 0.29) is 93.5 Å². The first-order valence-electron chi connectivity index (χ1n) is 38.8. The van der Waals surface area contributed by atoms with Crippen molar-refractivity contribution in [3.63, 3.8) is 0 Å². The Morgan fingerprint density at radius 1 is 0.743 bits per heavy atom. The Morgan fingerprint density at radius 3 is 1.92 bits per heavy atom. The summed E-state index contributed by atoms with van der Waals surface area (Å²) in [6, 6.07) is 7.25. The number of hydrogen-bond acceptors (Lipinski definition) is 22. The highest BCUT2D eigenvalue weighted by Crippen LogP contribution is 2.50. The number of aliphatic hydroxyl groups is 1. The van der Waals surface area contributed by atoms with Gasteiger partial charge in [-0.3, -0.25) is 28.8 Å². The van der Waals surface area contributed by atoms with Gasteiger partial charge in [-0.2, -0.15) is 0 Å². The zero-order valence-electron chi connectivity index (χ0n) is 64.5. The minimum absolute atomic E-state index is 0.00819.